The summed E-state index contributed by atoms with van der Waals surface area (Å²) >= 11 is 0. The molecule has 47 heavy (non-hydrogen) atoms. The van der Waals surface area contributed by atoms with E-state index in [2.05, 4.69) is 166 Å². The van der Waals surface area contributed by atoms with Gasteiger partial charge in [-0.05, 0) is 51.1 Å². The maximum atomic E-state index is 4.97. The Balaban J connectivity index is 1.35. The molecule has 8 aromatic rings. The number of aryl methyl sites for hydroxylation is 1. The summed E-state index contributed by atoms with van der Waals surface area (Å²) in [6.45, 7) is 0. The van der Waals surface area contributed by atoms with Crippen molar-refractivity contribution in [3.63, 3.8) is 0 Å². The third-order valence-electron chi connectivity index (χ3n) is 10.4. The van der Waals surface area contributed by atoms with Crippen molar-refractivity contribution in [1.82, 2.24) is 19.7 Å². The molecule has 5 heteroatoms. The second-order valence-corrected chi connectivity index (χ2v) is 12.5. The summed E-state index contributed by atoms with van der Waals surface area (Å²) in [5.41, 5.74) is 13.8. The smallest absolute Gasteiger partial charge is 0.207 e. The fraction of sp³-hybridized carbons (Fsp3) is 0.0714. The van der Waals surface area contributed by atoms with Crippen LogP contribution in [0.15, 0.2) is 152 Å². The second-order valence-electron chi connectivity index (χ2n) is 12.5. The largest absolute Gasteiger partial charge is 0.345 e. The fourth-order valence-electron chi connectivity index (χ4n) is 8.63. The van der Waals surface area contributed by atoms with Crippen molar-refractivity contribution < 1.29 is 4.57 Å². The zero-order valence-corrected chi connectivity index (χ0v) is 25.7. The van der Waals surface area contributed by atoms with Crippen molar-refractivity contribution in [2.75, 3.05) is 0 Å². The van der Waals surface area contributed by atoms with Crippen molar-refractivity contribution in [1.29, 1.82) is 0 Å². The molecule has 5 nitrogen and oxygen atoms in total. The number of pyridine rings is 1. The highest BCUT2D eigenvalue weighted by Gasteiger charge is 2.51. The molecule has 3 aromatic heterocycles. The summed E-state index contributed by atoms with van der Waals surface area (Å²) in [7, 11) is 2.05. The van der Waals surface area contributed by atoms with Crippen LogP contribution < -0.4 is 4.57 Å². The Bertz CT molecular complexity index is 2410. The first-order valence-corrected chi connectivity index (χ1v) is 16.0. The molecule has 0 bridgehead atoms. The minimum Gasteiger partial charge on any atom is -0.345 e. The Kier molecular flexibility index (Phi) is 5.28. The lowest BCUT2D eigenvalue weighted by atomic mass is 9.68. The van der Waals surface area contributed by atoms with Crippen LogP contribution in [0.3, 0.4) is 0 Å². The minimum absolute atomic E-state index is 0.593. The Morgan fingerprint density at radius 3 is 1.79 bits per heavy atom. The summed E-state index contributed by atoms with van der Waals surface area (Å²) in [4.78, 5) is 4.97. The third-order valence-corrected chi connectivity index (χ3v) is 10.4. The van der Waals surface area contributed by atoms with Gasteiger partial charge in [0.15, 0.2) is 5.54 Å². The average molecular weight is 604 g/mol. The highest BCUT2D eigenvalue weighted by atomic mass is 15.2. The first-order valence-electron chi connectivity index (χ1n) is 16.0. The number of rotatable bonds is 4. The Hall–Kier alpha value is -6.07. The van der Waals surface area contributed by atoms with Crippen LogP contribution in [0.25, 0.3) is 33.4 Å². The normalized spacial score (nSPS) is 14.8. The average Bonchev–Trinajstić information content (AvgIpc) is 3.91. The Labute approximate surface area is 272 Å². The summed E-state index contributed by atoms with van der Waals surface area (Å²) in [6, 6.07) is 50.6. The Morgan fingerprint density at radius 2 is 1.17 bits per heavy atom. The highest BCUT2D eigenvalue weighted by molar-refractivity contribution is 5.87. The predicted molar refractivity (Wildman–Crippen MR) is 183 cm³/mol. The highest BCUT2D eigenvalue weighted by Crippen LogP contribution is 2.58. The summed E-state index contributed by atoms with van der Waals surface area (Å²) in [5.74, 6) is 0. The lowest BCUT2D eigenvalue weighted by molar-refractivity contribution is -0.650. The number of hydrogen-bond acceptors (Lipinski definition) is 2. The van der Waals surface area contributed by atoms with E-state index >= 15 is 0 Å². The van der Waals surface area contributed by atoms with Crippen molar-refractivity contribution in [2.45, 2.75) is 11.0 Å². The monoisotopic (exact) mass is 603 g/mol. The molecule has 0 saturated heterocycles. The summed E-state index contributed by atoms with van der Waals surface area (Å²) in [6.07, 6.45) is 7.47. The van der Waals surface area contributed by atoms with E-state index in [1.165, 1.54) is 50.1 Å². The van der Waals surface area contributed by atoms with Gasteiger partial charge < -0.3 is 9.13 Å². The lowest BCUT2D eigenvalue weighted by Crippen LogP contribution is -2.38. The van der Waals surface area contributed by atoms with Crippen LogP contribution >= 0.6 is 0 Å². The van der Waals surface area contributed by atoms with Crippen molar-refractivity contribution in [3.05, 3.63) is 197 Å². The summed E-state index contributed by atoms with van der Waals surface area (Å²) in [5, 5.41) is 7.91. The van der Waals surface area contributed by atoms with Crippen molar-refractivity contribution in [2.24, 2.45) is 7.05 Å². The topological polar surface area (TPSA) is 50.4 Å². The standard InChI is InChI=1S/C42H29N5/c1-46-27-47(40-38(46)22-11-24-43-40)42(36-20-8-4-16-32(36)33-17-5-9-21-37(33)42)29-13-10-12-28(26-29)41(39-23-25-44-45-39)34-18-6-2-14-30(34)31-15-3-7-19-35(31)41/h2-26H,1H3,(H,44,45). The molecule has 10 rings (SSSR count). The molecule has 0 aliphatic heterocycles. The van der Waals surface area contributed by atoms with E-state index in [1.807, 2.05) is 18.5 Å². The van der Waals surface area contributed by atoms with Gasteiger partial charge in [0.1, 0.15) is 5.65 Å². The number of fused-ring (bicyclic) bond motifs is 7. The quantitative estimate of drug-likeness (QED) is 0.167. The number of aromatic amines is 1. The fourth-order valence-corrected chi connectivity index (χ4v) is 8.63. The van der Waals surface area contributed by atoms with Crippen molar-refractivity contribution in [3.8, 4) is 22.3 Å². The first-order chi connectivity index (χ1) is 23.2. The van der Waals surface area contributed by atoms with Crippen molar-refractivity contribution >= 4 is 11.2 Å². The Morgan fingerprint density at radius 1 is 0.596 bits per heavy atom. The van der Waals surface area contributed by atoms with E-state index in [0.29, 0.717) is 0 Å². The zero-order chi connectivity index (χ0) is 31.2. The van der Waals surface area contributed by atoms with Gasteiger partial charge in [0.2, 0.25) is 6.33 Å². The van der Waals surface area contributed by atoms with E-state index in [4.69, 9.17) is 4.98 Å². The van der Waals surface area contributed by atoms with E-state index in [-0.39, 0.29) is 0 Å². The minimum atomic E-state index is -0.732. The van der Waals surface area contributed by atoms with Gasteiger partial charge in [-0.3, -0.25) is 10.1 Å². The van der Waals surface area contributed by atoms with Crippen LogP contribution in [0.2, 0.25) is 0 Å². The summed E-state index contributed by atoms with van der Waals surface area (Å²) < 4.78 is 4.33. The van der Waals surface area contributed by atoms with Gasteiger partial charge in [-0.1, -0.05) is 127 Å². The van der Waals surface area contributed by atoms with Gasteiger partial charge >= 0.3 is 0 Å². The van der Waals surface area contributed by atoms with Crippen LogP contribution in [0.1, 0.15) is 39.1 Å². The van der Waals surface area contributed by atoms with Gasteiger partial charge in [0.05, 0.1) is 18.2 Å². The van der Waals surface area contributed by atoms with E-state index < -0.39 is 11.0 Å². The molecule has 222 valence electrons. The maximum absolute atomic E-state index is 4.97. The molecule has 0 unspecified atom stereocenters. The predicted octanol–water partition coefficient (Wildman–Crippen LogP) is 7.57. The third kappa shape index (κ3) is 3.20. The van der Waals surface area contributed by atoms with Crippen LogP contribution in [0, 0.1) is 6.33 Å². The number of benzene rings is 5. The van der Waals surface area contributed by atoms with Gasteiger partial charge in [-0.2, -0.15) is 5.10 Å². The molecular weight excluding hydrogens is 574 g/mol. The molecule has 1 N–H and O–H groups in total. The maximum Gasteiger partial charge on any atom is 0.207 e. The first kappa shape index (κ1) is 26.2. The van der Waals surface area contributed by atoms with E-state index in [0.717, 1.165) is 22.4 Å². The lowest BCUT2D eigenvalue weighted by Gasteiger charge is -2.36. The van der Waals surface area contributed by atoms with Gasteiger partial charge in [-0.15, -0.1) is 0 Å². The van der Waals surface area contributed by atoms with Gasteiger partial charge in [0.25, 0.3) is 0 Å². The number of nitrogens with zero attached hydrogens (tertiary/aromatic N) is 4. The molecule has 0 fully saturated rings. The van der Waals surface area contributed by atoms with E-state index in [9.17, 15) is 0 Å². The molecule has 5 aromatic carbocycles. The number of imidazole rings is 1. The van der Waals surface area contributed by atoms with Gasteiger partial charge in [-0.25, -0.2) is 0 Å². The zero-order valence-electron chi connectivity index (χ0n) is 25.7. The van der Waals surface area contributed by atoms with Crippen LogP contribution in [0.4, 0.5) is 0 Å². The van der Waals surface area contributed by atoms with Crippen LogP contribution in [-0.4, -0.2) is 19.7 Å². The number of hydrogen-bond donors (Lipinski definition) is 1. The second kappa shape index (κ2) is 9.47. The molecule has 2 aliphatic carbocycles. The molecule has 0 amide bonds. The number of nitrogens with one attached hydrogen (secondary N) is 1. The molecule has 2 aliphatic rings. The number of H-pyrrole nitrogens is 1. The molecule has 0 spiro atoms. The molecule has 0 radical (unpaired) electrons. The van der Waals surface area contributed by atoms with Crippen LogP contribution in [-0.2, 0) is 18.0 Å². The molecule has 3 heterocycles. The van der Waals surface area contributed by atoms with Crippen LogP contribution in [0.5, 0.6) is 0 Å². The van der Waals surface area contributed by atoms with Gasteiger partial charge in [0, 0.05) is 34.6 Å². The molecule has 0 saturated carbocycles. The SMILES string of the molecule is C[n+]1[c-]n(C2(c3cccc(C4(c5ccn[nH]5)c5ccccc5-c5ccccc54)c3)c3ccccc3-c3ccccc32)c2ncccc21. The molecule has 0 atom stereocenters. The molecular formula is C42H29N5. The number of aromatic nitrogens is 5. The van der Waals surface area contributed by atoms with E-state index in [1.54, 1.807) is 0 Å².